The predicted molar refractivity (Wildman–Crippen MR) is 132 cm³/mol. The number of aliphatic carboxylic acids is 1. The number of hydrogen-bond acceptors (Lipinski definition) is 5. The number of carbonyl (C=O) groups excluding carboxylic acids is 4. The molecule has 3 aromatic rings. The Labute approximate surface area is 206 Å². The third kappa shape index (κ3) is 5.12. The molecule has 10 nitrogen and oxygen atoms in total. The van der Waals surface area contributed by atoms with Gasteiger partial charge in [-0.1, -0.05) is 37.3 Å². The van der Waals surface area contributed by atoms with Crippen LogP contribution < -0.4 is 5.32 Å². The topological polar surface area (TPSA) is 140 Å². The summed E-state index contributed by atoms with van der Waals surface area (Å²) in [6, 6.07) is 13.8. The Morgan fingerprint density at radius 3 is 2.28 bits per heavy atom. The number of rotatable bonds is 7. The molecule has 0 saturated carbocycles. The number of H-pyrrole nitrogens is 1. The van der Waals surface area contributed by atoms with Crippen LogP contribution in [-0.4, -0.2) is 75.5 Å². The van der Waals surface area contributed by atoms with Crippen LogP contribution in [0.25, 0.3) is 10.9 Å². The molecule has 1 fully saturated rings. The van der Waals surface area contributed by atoms with Crippen LogP contribution in [0.15, 0.2) is 54.7 Å². The maximum atomic E-state index is 13.1. The fourth-order valence-corrected chi connectivity index (χ4v) is 4.15. The van der Waals surface area contributed by atoms with Crippen molar-refractivity contribution in [3.05, 3.63) is 65.9 Å². The van der Waals surface area contributed by atoms with E-state index in [9.17, 15) is 24.0 Å². The van der Waals surface area contributed by atoms with Gasteiger partial charge >= 0.3 is 5.97 Å². The highest BCUT2D eigenvalue weighted by Gasteiger charge is 2.30. The van der Waals surface area contributed by atoms with Gasteiger partial charge in [0, 0.05) is 49.7 Å². The monoisotopic (exact) mass is 490 g/mol. The Morgan fingerprint density at radius 1 is 0.944 bits per heavy atom. The summed E-state index contributed by atoms with van der Waals surface area (Å²) in [5.41, 5.74) is 1.60. The number of ketones is 1. The van der Waals surface area contributed by atoms with Crippen molar-refractivity contribution < 1.29 is 29.1 Å². The number of piperazine rings is 1. The van der Waals surface area contributed by atoms with Crippen molar-refractivity contribution >= 4 is 46.1 Å². The van der Waals surface area contributed by atoms with Crippen LogP contribution in [0.1, 0.15) is 34.1 Å². The van der Waals surface area contributed by atoms with Gasteiger partial charge in [0.15, 0.2) is 0 Å². The maximum absolute atomic E-state index is 13.1. The average molecular weight is 491 g/mol. The van der Waals surface area contributed by atoms with Crippen LogP contribution in [0.3, 0.4) is 0 Å². The van der Waals surface area contributed by atoms with Crippen LogP contribution >= 0.6 is 0 Å². The maximum Gasteiger partial charge on any atom is 0.306 e. The van der Waals surface area contributed by atoms with Gasteiger partial charge in [0.2, 0.25) is 5.91 Å². The second kappa shape index (κ2) is 10.4. The minimum atomic E-state index is -1.07. The standard InChI is InChI=1S/C26H26N4O6/c1-16(26(35)36)14-21(31)28-20-9-5-8-18-19(15-27-22(18)20)23(32)25(34)30-12-10-29(11-13-30)24(33)17-6-3-2-4-7-17/h2-9,15-16,27H,10-14H2,1H3,(H,28,31)(H,35,36)/t16-/m0/s1. The lowest BCUT2D eigenvalue weighted by molar-refractivity contribution is -0.142. The molecule has 1 aromatic heterocycles. The highest BCUT2D eigenvalue weighted by Crippen LogP contribution is 2.27. The first-order chi connectivity index (χ1) is 17.3. The van der Waals surface area contributed by atoms with Crippen molar-refractivity contribution in [1.29, 1.82) is 0 Å². The van der Waals surface area contributed by atoms with E-state index < -0.39 is 29.5 Å². The quantitative estimate of drug-likeness (QED) is 0.343. The lowest BCUT2D eigenvalue weighted by atomic mass is 10.1. The summed E-state index contributed by atoms with van der Waals surface area (Å²) in [7, 11) is 0. The van der Waals surface area contributed by atoms with E-state index in [1.807, 2.05) is 6.07 Å². The highest BCUT2D eigenvalue weighted by atomic mass is 16.4. The number of fused-ring (bicyclic) bond motifs is 1. The molecule has 2 heterocycles. The number of Topliss-reactive ketones (excluding diaryl/α,β-unsaturated/α-hetero) is 1. The molecule has 2 aromatic carbocycles. The van der Waals surface area contributed by atoms with Gasteiger partial charge in [-0.05, 0) is 18.2 Å². The lowest BCUT2D eigenvalue weighted by Crippen LogP contribution is -2.52. The Balaban J connectivity index is 1.42. The number of benzene rings is 2. The van der Waals surface area contributed by atoms with Crippen LogP contribution in [0.4, 0.5) is 5.69 Å². The molecule has 4 rings (SSSR count). The van der Waals surface area contributed by atoms with E-state index in [1.165, 1.54) is 18.0 Å². The van der Waals surface area contributed by atoms with Crippen molar-refractivity contribution in [2.24, 2.45) is 5.92 Å². The summed E-state index contributed by atoms with van der Waals surface area (Å²) in [4.78, 5) is 68.0. The summed E-state index contributed by atoms with van der Waals surface area (Å²) in [5, 5.41) is 12.1. The zero-order valence-electron chi connectivity index (χ0n) is 19.7. The van der Waals surface area contributed by atoms with Crippen molar-refractivity contribution in [3.8, 4) is 0 Å². The molecular formula is C26H26N4O6. The van der Waals surface area contributed by atoms with Gasteiger partial charge in [-0.3, -0.25) is 24.0 Å². The Hall–Kier alpha value is -4.47. The summed E-state index contributed by atoms with van der Waals surface area (Å²) in [5.74, 6) is -3.85. The third-order valence-corrected chi connectivity index (χ3v) is 6.22. The number of nitrogens with zero attached hydrogens (tertiary/aromatic N) is 2. The first kappa shape index (κ1) is 24.6. The van der Waals surface area contributed by atoms with Gasteiger partial charge in [-0.15, -0.1) is 0 Å². The predicted octanol–water partition coefficient (Wildman–Crippen LogP) is 2.38. The van der Waals surface area contributed by atoms with Crippen LogP contribution in [0, 0.1) is 5.92 Å². The van der Waals surface area contributed by atoms with E-state index in [1.54, 1.807) is 47.4 Å². The summed E-state index contributed by atoms with van der Waals surface area (Å²) in [6.45, 7) is 2.58. The van der Waals surface area contributed by atoms with Gasteiger partial charge in [-0.2, -0.15) is 0 Å². The molecule has 0 unspecified atom stereocenters. The number of carboxylic acids is 1. The molecule has 0 spiro atoms. The zero-order chi connectivity index (χ0) is 25.8. The molecule has 0 aliphatic carbocycles. The largest absolute Gasteiger partial charge is 0.481 e. The number of carbonyl (C=O) groups is 5. The van der Waals surface area contributed by atoms with Crippen LogP contribution in [-0.2, 0) is 14.4 Å². The third-order valence-electron chi connectivity index (χ3n) is 6.22. The molecule has 3 N–H and O–H groups in total. The minimum absolute atomic E-state index is 0.113. The molecular weight excluding hydrogens is 464 g/mol. The second-order valence-electron chi connectivity index (χ2n) is 8.70. The SMILES string of the molecule is C[C@@H](CC(=O)Nc1cccc2c(C(=O)C(=O)N3CCN(C(=O)c4ccccc4)CC3)c[nH]c12)C(=O)O. The molecule has 186 valence electrons. The Kier molecular flexibility index (Phi) is 7.14. The number of hydrogen-bond donors (Lipinski definition) is 3. The van der Waals surface area contributed by atoms with E-state index in [0.717, 1.165) is 0 Å². The highest BCUT2D eigenvalue weighted by molar-refractivity contribution is 6.45. The number of nitrogens with one attached hydrogen (secondary N) is 2. The molecule has 1 saturated heterocycles. The first-order valence-electron chi connectivity index (χ1n) is 11.6. The fourth-order valence-electron chi connectivity index (χ4n) is 4.15. The summed E-state index contributed by atoms with van der Waals surface area (Å²) >= 11 is 0. The first-order valence-corrected chi connectivity index (χ1v) is 11.6. The number of aromatic nitrogens is 1. The van der Waals surface area contributed by atoms with E-state index in [4.69, 9.17) is 5.11 Å². The molecule has 1 aliphatic rings. The van der Waals surface area contributed by atoms with Gasteiger partial charge < -0.3 is 25.2 Å². The van der Waals surface area contributed by atoms with Crippen molar-refractivity contribution in [3.63, 3.8) is 0 Å². The normalized spacial score (nSPS) is 14.4. The Morgan fingerprint density at radius 2 is 1.61 bits per heavy atom. The van der Waals surface area contributed by atoms with Crippen molar-refractivity contribution in [1.82, 2.24) is 14.8 Å². The van der Waals surface area contributed by atoms with E-state index in [-0.39, 0.29) is 31.0 Å². The summed E-state index contributed by atoms with van der Waals surface area (Å²) < 4.78 is 0. The number of amides is 3. The van der Waals surface area contributed by atoms with Gasteiger partial charge in [0.25, 0.3) is 17.6 Å². The van der Waals surface area contributed by atoms with E-state index in [0.29, 0.717) is 35.2 Å². The smallest absolute Gasteiger partial charge is 0.306 e. The van der Waals surface area contributed by atoms with E-state index >= 15 is 0 Å². The molecule has 1 atom stereocenters. The second-order valence-corrected chi connectivity index (χ2v) is 8.70. The average Bonchev–Trinajstić information content (AvgIpc) is 3.33. The van der Waals surface area contributed by atoms with Crippen molar-refractivity contribution in [2.45, 2.75) is 13.3 Å². The van der Waals surface area contributed by atoms with Gasteiger partial charge in [0.1, 0.15) is 0 Å². The molecule has 1 aliphatic heterocycles. The zero-order valence-corrected chi connectivity index (χ0v) is 19.7. The van der Waals surface area contributed by atoms with Crippen LogP contribution in [0.2, 0.25) is 0 Å². The molecule has 10 heteroatoms. The number of carboxylic acid groups (broad SMARTS) is 1. The fraction of sp³-hybridized carbons (Fsp3) is 0.269. The molecule has 0 radical (unpaired) electrons. The summed E-state index contributed by atoms with van der Waals surface area (Å²) in [6.07, 6.45) is 1.23. The molecule has 3 amide bonds. The number of para-hydroxylation sites is 1. The van der Waals surface area contributed by atoms with E-state index in [2.05, 4.69) is 10.3 Å². The van der Waals surface area contributed by atoms with Crippen molar-refractivity contribution in [2.75, 3.05) is 31.5 Å². The van der Waals surface area contributed by atoms with Gasteiger partial charge in [0.05, 0.1) is 22.7 Å². The minimum Gasteiger partial charge on any atom is -0.481 e. The van der Waals surface area contributed by atoms with Gasteiger partial charge in [-0.25, -0.2) is 0 Å². The number of anilines is 1. The van der Waals surface area contributed by atoms with Crippen LogP contribution in [0.5, 0.6) is 0 Å². The molecule has 0 bridgehead atoms. The molecule has 36 heavy (non-hydrogen) atoms. The number of aromatic amines is 1. The Bertz CT molecular complexity index is 1320. The lowest BCUT2D eigenvalue weighted by Gasteiger charge is -2.34.